The molecule has 6 nitrogen and oxygen atoms in total. The molecule has 106 valence electrons. The van der Waals surface area contributed by atoms with Crippen LogP contribution in [-0.2, 0) is 14.4 Å². The van der Waals surface area contributed by atoms with Gasteiger partial charge in [-0.05, 0) is 24.3 Å². The largest absolute Gasteiger partial charge is 0.481 e. The van der Waals surface area contributed by atoms with E-state index in [2.05, 4.69) is 0 Å². The molecule has 1 aromatic carbocycles. The highest BCUT2D eigenvalue weighted by Gasteiger charge is 2.31. The molecular weight excluding hydrogens is 267 g/mol. The Labute approximate surface area is 114 Å². The van der Waals surface area contributed by atoms with E-state index >= 15 is 0 Å². The number of carboxylic acid groups (broad SMARTS) is 1. The minimum absolute atomic E-state index is 0.0308. The lowest BCUT2D eigenvalue weighted by atomic mass is 10.2. The van der Waals surface area contributed by atoms with Gasteiger partial charge < -0.3 is 10.0 Å². The molecule has 0 radical (unpaired) electrons. The van der Waals surface area contributed by atoms with Gasteiger partial charge in [-0.25, -0.2) is 4.39 Å². The van der Waals surface area contributed by atoms with E-state index in [1.165, 1.54) is 29.2 Å². The minimum Gasteiger partial charge on any atom is -0.481 e. The van der Waals surface area contributed by atoms with Crippen LogP contribution >= 0.6 is 0 Å². The van der Waals surface area contributed by atoms with E-state index in [0.717, 1.165) is 4.90 Å². The molecule has 1 aliphatic rings. The Bertz CT molecular complexity index is 526. The van der Waals surface area contributed by atoms with Gasteiger partial charge in [0.1, 0.15) is 5.82 Å². The predicted molar refractivity (Wildman–Crippen MR) is 67.6 cm³/mol. The molecule has 0 unspecified atom stereocenters. The molecule has 1 aromatic rings. The number of rotatable bonds is 4. The fourth-order valence-corrected chi connectivity index (χ4v) is 1.98. The molecule has 20 heavy (non-hydrogen) atoms. The highest BCUT2D eigenvalue weighted by molar-refractivity contribution is 6.02. The highest BCUT2D eigenvalue weighted by Crippen LogP contribution is 2.18. The Morgan fingerprint density at radius 3 is 2.20 bits per heavy atom. The topological polar surface area (TPSA) is 77.9 Å². The number of hydrogen-bond donors (Lipinski definition) is 1. The lowest BCUT2D eigenvalue weighted by molar-refractivity contribution is -0.146. The van der Waals surface area contributed by atoms with Crippen LogP contribution in [0.25, 0.3) is 0 Å². The van der Waals surface area contributed by atoms with Crippen molar-refractivity contribution in [2.75, 3.05) is 24.5 Å². The van der Waals surface area contributed by atoms with Gasteiger partial charge in [-0.1, -0.05) is 0 Å². The molecule has 0 aromatic heterocycles. The van der Waals surface area contributed by atoms with Gasteiger partial charge in [-0.2, -0.15) is 0 Å². The molecule has 0 bridgehead atoms. The Morgan fingerprint density at radius 2 is 1.70 bits per heavy atom. The number of benzene rings is 1. The number of piperazine rings is 1. The van der Waals surface area contributed by atoms with E-state index in [1.807, 2.05) is 0 Å². The molecule has 0 spiro atoms. The Kier molecular flexibility index (Phi) is 3.97. The molecule has 0 atom stereocenters. The van der Waals surface area contributed by atoms with Crippen LogP contribution in [0.1, 0.15) is 6.42 Å². The van der Waals surface area contributed by atoms with Crippen molar-refractivity contribution in [2.24, 2.45) is 0 Å². The van der Waals surface area contributed by atoms with Crippen molar-refractivity contribution in [3.63, 3.8) is 0 Å². The van der Waals surface area contributed by atoms with Crippen molar-refractivity contribution in [2.45, 2.75) is 6.42 Å². The number of aliphatic carboxylic acids is 1. The van der Waals surface area contributed by atoms with E-state index < -0.39 is 23.6 Å². The summed E-state index contributed by atoms with van der Waals surface area (Å²) in [6, 6.07) is 5.48. The van der Waals surface area contributed by atoms with Gasteiger partial charge in [0.05, 0.1) is 19.5 Å². The summed E-state index contributed by atoms with van der Waals surface area (Å²) in [5, 5.41) is 8.58. The summed E-state index contributed by atoms with van der Waals surface area (Å²) in [5.41, 5.74) is 0.575. The van der Waals surface area contributed by atoms with Crippen molar-refractivity contribution in [3.8, 4) is 0 Å². The van der Waals surface area contributed by atoms with Crippen LogP contribution in [0.15, 0.2) is 24.3 Å². The summed E-state index contributed by atoms with van der Waals surface area (Å²) < 4.78 is 12.8. The molecule has 0 aliphatic carbocycles. The second-order valence-electron chi connectivity index (χ2n) is 4.42. The smallest absolute Gasteiger partial charge is 0.305 e. The molecular formula is C13H13FN2O4. The number of nitrogens with zero attached hydrogens (tertiary/aromatic N) is 2. The summed E-state index contributed by atoms with van der Waals surface area (Å²) >= 11 is 0. The van der Waals surface area contributed by atoms with Crippen molar-refractivity contribution in [1.29, 1.82) is 0 Å². The van der Waals surface area contributed by atoms with E-state index in [-0.39, 0.29) is 26.1 Å². The molecule has 1 N–H and O–H groups in total. The third-order valence-corrected chi connectivity index (χ3v) is 3.00. The monoisotopic (exact) mass is 280 g/mol. The third-order valence-electron chi connectivity index (χ3n) is 3.00. The zero-order valence-corrected chi connectivity index (χ0v) is 10.6. The summed E-state index contributed by atoms with van der Waals surface area (Å²) in [7, 11) is 0. The van der Waals surface area contributed by atoms with Crippen LogP contribution < -0.4 is 4.90 Å². The number of hydrogen-bond acceptors (Lipinski definition) is 4. The maximum atomic E-state index is 12.8. The van der Waals surface area contributed by atoms with Gasteiger partial charge in [0, 0.05) is 12.2 Å². The molecule has 1 saturated heterocycles. The first kappa shape index (κ1) is 14.0. The summed E-state index contributed by atoms with van der Waals surface area (Å²) in [6.45, 7) is -0.182. The van der Waals surface area contributed by atoms with Gasteiger partial charge in [-0.15, -0.1) is 0 Å². The number of halogens is 1. The van der Waals surface area contributed by atoms with E-state index in [4.69, 9.17) is 5.11 Å². The summed E-state index contributed by atoms with van der Waals surface area (Å²) in [4.78, 5) is 36.7. The number of amides is 2. The van der Waals surface area contributed by atoms with Gasteiger partial charge >= 0.3 is 5.97 Å². The average molecular weight is 280 g/mol. The zero-order valence-electron chi connectivity index (χ0n) is 10.6. The third kappa shape index (κ3) is 3.11. The fraction of sp³-hybridized carbons (Fsp3) is 0.308. The van der Waals surface area contributed by atoms with Crippen molar-refractivity contribution < 1.29 is 23.9 Å². The maximum Gasteiger partial charge on any atom is 0.305 e. The van der Waals surface area contributed by atoms with Gasteiger partial charge in [0.2, 0.25) is 11.8 Å². The van der Waals surface area contributed by atoms with Gasteiger partial charge in [-0.3, -0.25) is 19.3 Å². The predicted octanol–water partition coefficient (Wildman–Crippen LogP) is 0.476. The van der Waals surface area contributed by atoms with Crippen LogP contribution in [-0.4, -0.2) is 47.4 Å². The number of imide groups is 1. The fourth-order valence-electron chi connectivity index (χ4n) is 1.98. The molecule has 2 rings (SSSR count). The zero-order chi connectivity index (χ0) is 14.7. The van der Waals surface area contributed by atoms with Crippen LogP contribution in [0.3, 0.4) is 0 Å². The standard InChI is InChI=1S/C13H13FN2O4/c14-9-1-3-10(4-2-9)15-7-11(17)16(12(18)8-15)6-5-13(19)20/h1-4H,5-8H2,(H,19,20). The first-order valence-electron chi connectivity index (χ1n) is 6.03. The lowest BCUT2D eigenvalue weighted by Gasteiger charge is -2.33. The summed E-state index contributed by atoms with van der Waals surface area (Å²) in [6.07, 6.45) is -0.270. The first-order chi connectivity index (χ1) is 9.47. The Morgan fingerprint density at radius 1 is 1.15 bits per heavy atom. The number of carbonyl (C=O) groups excluding carboxylic acids is 2. The quantitative estimate of drug-likeness (QED) is 0.811. The van der Waals surface area contributed by atoms with E-state index in [9.17, 15) is 18.8 Å². The second-order valence-corrected chi connectivity index (χ2v) is 4.42. The molecule has 7 heteroatoms. The van der Waals surface area contributed by atoms with Gasteiger partial charge in [0.15, 0.2) is 0 Å². The number of carboxylic acids is 1. The SMILES string of the molecule is O=C(O)CCN1C(=O)CN(c2ccc(F)cc2)CC1=O. The highest BCUT2D eigenvalue weighted by atomic mass is 19.1. The average Bonchev–Trinajstić information content (AvgIpc) is 2.38. The van der Waals surface area contributed by atoms with E-state index in [1.54, 1.807) is 0 Å². The summed E-state index contributed by atoms with van der Waals surface area (Å²) in [5.74, 6) is -2.36. The van der Waals surface area contributed by atoms with Gasteiger partial charge in [0.25, 0.3) is 0 Å². The van der Waals surface area contributed by atoms with Crippen LogP contribution in [0.4, 0.5) is 10.1 Å². The Balaban J connectivity index is 2.05. The normalized spacial score (nSPS) is 15.7. The molecule has 1 aliphatic heterocycles. The maximum absolute atomic E-state index is 12.8. The van der Waals surface area contributed by atoms with Crippen molar-refractivity contribution >= 4 is 23.5 Å². The molecule has 0 saturated carbocycles. The minimum atomic E-state index is -1.06. The number of anilines is 1. The van der Waals surface area contributed by atoms with Crippen LogP contribution in [0.5, 0.6) is 0 Å². The van der Waals surface area contributed by atoms with Crippen molar-refractivity contribution in [3.05, 3.63) is 30.1 Å². The van der Waals surface area contributed by atoms with Crippen molar-refractivity contribution in [1.82, 2.24) is 4.90 Å². The molecule has 1 fully saturated rings. The Hall–Kier alpha value is -2.44. The van der Waals surface area contributed by atoms with Crippen LogP contribution in [0, 0.1) is 5.82 Å². The lowest BCUT2D eigenvalue weighted by Crippen LogP contribution is -2.54. The first-order valence-corrected chi connectivity index (χ1v) is 6.03. The second kappa shape index (κ2) is 5.68. The van der Waals surface area contributed by atoms with E-state index in [0.29, 0.717) is 5.69 Å². The van der Waals surface area contributed by atoms with Crippen LogP contribution in [0.2, 0.25) is 0 Å². The molecule has 1 heterocycles. The number of carbonyl (C=O) groups is 3. The molecule has 2 amide bonds.